The van der Waals surface area contributed by atoms with Gasteiger partial charge in [0.25, 0.3) is 0 Å². The van der Waals surface area contributed by atoms with Crippen molar-refractivity contribution in [2.75, 3.05) is 0 Å². The van der Waals surface area contributed by atoms with E-state index in [0.717, 1.165) is 18.4 Å². The molecular formula is C18H27N3O2. The number of nitrogens with one attached hydrogen (secondary N) is 2. The molecule has 1 aliphatic rings. The second-order valence-corrected chi connectivity index (χ2v) is 6.51. The number of nitrogens with zero attached hydrogens (tertiary/aromatic N) is 1. The van der Waals surface area contributed by atoms with Crippen molar-refractivity contribution in [1.82, 2.24) is 15.6 Å². The molecule has 2 rings (SSSR count). The summed E-state index contributed by atoms with van der Waals surface area (Å²) in [5.41, 5.74) is 0.995. The highest BCUT2D eigenvalue weighted by atomic mass is 16.2. The Balaban J connectivity index is 1.76. The fourth-order valence-corrected chi connectivity index (χ4v) is 3.09. The van der Waals surface area contributed by atoms with Gasteiger partial charge in [-0.15, -0.1) is 0 Å². The van der Waals surface area contributed by atoms with E-state index in [1.54, 1.807) is 19.3 Å². The predicted octanol–water partition coefficient (Wildman–Crippen LogP) is 2.73. The van der Waals surface area contributed by atoms with Crippen LogP contribution in [0.25, 0.3) is 0 Å². The van der Waals surface area contributed by atoms with Crippen LogP contribution in [0.1, 0.15) is 64.0 Å². The lowest BCUT2D eigenvalue weighted by atomic mass is 9.87. The number of pyridine rings is 1. The molecule has 5 heteroatoms. The minimum Gasteiger partial charge on any atom is -0.348 e. The molecule has 2 atom stereocenters. The average molecular weight is 317 g/mol. The van der Waals surface area contributed by atoms with Gasteiger partial charge in [-0.3, -0.25) is 14.6 Å². The highest BCUT2D eigenvalue weighted by molar-refractivity contribution is 5.87. The van der Waals surface area contributed by atoms with E-state index in [1.807, 2.05) is 19.1 Å². The highest BCUT2D eigenvalue weighted by Crippen LogP contribution is 2.26. The van der Waals surface area contributed by atoms with Gasteiger partial charge in [0.15, 0.2) is 0 Å². The molecule has 0 radical (unpaired) electrons. The average Bonchev–Trinajstić information content (AvgIpc) is 2.56. The fraction of sp³-hybridized carbons (Fsp3) is 0.611. The van der Waals surface area contributed by atoms with Crippen LogP contribution in [0.2, 0.25) is 0 Å². The molecule has 1 aromatic rings. The van der Waals surface area contributed by atoms with Gasteiger partial charge >= 0.3 is 0 Å². The number of hydrogen-bond donors (Lipinski definition) is 2. The van der Waals surface area contributed by atoms with Crippen LogP contribution in [0.5, 0.6) is 0 Å². The lowest BCUT2D eigenvalue weighted by molar-refractivity contribution is -0.129. The van der Waals surface area contributed by atoms with Crippen LogP contribution < -0.4 is 10.6 Å². The SMILES string of the molecule is C[C@H](NC(=O)CC1CCCCC1)C(=O)N[C@@H](C)c1ccncc1. The first-order valence-corrected chi connectivity index (χ1v) is 8.56. The van der Waals surface area contributed by atoms with Gasteiger partial charge in [-0.25, -0.2) is 0 Å². The number of carbonyl (C=O) groups is 2. The monoisotopic (exact) mass is 317 g/mol. The molecule has 0 spiro atoms. The second-order valence-electron chi connectivity index (χ2n) is 6.51. The summed E-state index contributed by atoms with van der Waals surface area (Å²) < 4.78 is 0. The Kier molecular flexibility index (Phi) is 6.56. The number of amides is 2. The molecule has 2 N–H and O–H groups in total. The lowest BCUT2D eigenvalue weighted by Gasteiger charge is -2.22. The Labute approximate surface area is 138 Å². The van der Waals surface area contributed by atoms with Crippen molar-refractivity contribution in [2.24, 2.45) is 5.92 Å². The summed E-state index contributed by atoms with van der Waals surface area (Å²) in [6.45, 7) is 3.65. The summed E-state index contributed by atoms with van der Waals surface area (Å²) in [5, 5.41) is 5.74. The molecule has 0 saturated heterocycles. The maximum Gasteiger partial charge on any atom is 0.242 e. The van der Waals surface area contributed by atoms with Crippen molar-refractivity contribution in [3.05, 3.63) is 30.1 Å². The zero-order chi connectivity index (χ0) is 16.7. The molecule has 1 aromatic heterocycles. The van der Waals surface area contributed by atoms with Gasteiger partial charge in [0.1, 0.15) is 6.04 Å². The third-order valence-electron chi connectivity index (χ3n) is 4.53. The maximum absolute atomic E-state index is 12.2. The minimum absolute atomic E-state index is 0.0175. The number of rotatable bonds is 6. The van der Waals surface area contributed by atoms with Crippen molar-refractivity contribution in [1.29, 1.82) is 0 Å². The first kappa shape index (κ1) is 17.4. The van der Waals surface area contributed by atoms with Gasteiger partial charge < -0.3 is 10.6 Å². The first-order chi connectivity index (χ1) is 11.1. The Morgan fingerprint density at radius 1 is 1.13 bits per heavy atom. The minimum atomic E-state index is -0.518. The zero-order valence-corrected chi connectivity index (χ0v) is 14.0. The summed E-state index contributed by atoms with van der Waals surface area (Å²) in [6, 6.07) is 3.12. The molecule has 1 aliphatic carbocycles. The van der Waals surface area contributed by atoms with Crippen molar-refractivity contribution in [2.45, 2.75) is 64.5 Å². The Morgan fingerprint density at radius 2 is 1.78 bits per heavy atom. The lowest BCUT2D eigenvalue weighted by Crippen LogP contribution is -2.45. The number of hydrogen-bond acceptors (Lipinski definition) is 3. The van der Waals surface area contributed by atoms with E-state index in [1.165, 1.54) is 19.3 Å². The van der Waals surface area contributed by atoms with Crippen molar-refractivity contribution < 1.29 is 9.59 Å². The van der Waals surface area contributed by atoms with E-state index in [2.05, 4.69) is 15.6 Å². The number of carbonyl (C=O) groups excluding carboxylic acids is 2. The first-order valence-electron chi connectivity index (χ1n) is 8.56. The normalized spacial score (nSPS) is 18.0. The summed E-state index contributed by atoms with van der Waals surface area (Å²) in [6.07, 6.45) is 9.93. The van der Waals surface area contributed by atoms with Crippen LogP contribution in [-0.2, 0) is 9.59 Å². The molecule has 1 fully saturated rings. The van der Waals surface area contributed by atoms with Crippen molar-refractivity contribution >= 4 is 11.8 Å². The fourth-order valence-electron chi connectivity index (χ4n) is 3.09. The van der Waals surface area contributed by atoms with E-state index in [0.29, 0.717) is 12.3 Å². The molecule has 2 amide bonds. The van der Waals surface area contributed by atoms with Crippen molar-refractivity contribution in [3.8, 4) is 0 Å². The molecular weight excluding hydrogens is 290 g/mol. The Morgan fingerprint density at radius 3 is 2.43 bits per heavy atom. The van der Waals surface area contributed by atoms with Crippen LogP contribution in [0.3, 0.4) is 0 Å². The molecule has 23 heavy (non-hydrogen) atoms. The van der Waals surface area contributed by atoms with E-state index in [4.69, 9.17) is 0 Å². The van der Waals surface area contributed by atoms with Crippen LogP contribution in [0, 0.1) is 5.92 Å². The van der Waals surface area contributed by atoms with Gasteiger partial charge in [-0.2, -0.15) is 0 Å². The summed E-state index contributed by atoms with van der Waals surface area (Å²) in [4.78, 5) is 28.3. The van der Waals surface area contributed by atoms with Gasteiger partial charge in [0.2, 0.25) is 11.8 Å². The van der Waals surface area contributed by atoms with Gasteiger partial charge in [-0.1, -0.05) is 19.3 Å². The van der Waals surface area contributed by atoms with Gasteiger partial charge in [0.05, 0.1) is 6.04 Å². The molecule has 0 unspecified atom stereocenters. The van der Waals surface area contributed by atoms with Crippen LogP contribution >= 0.6 is 0 Å². The molecule has 0 aliphatic heterocycles. The smallest absolute Gasteiger partial charge is 0.242 e. The quantitative estimate of drug-likeness (QED) is 0.847. The molecule has 5 nitrogen and oxygen atoms in total. The molecule has 0 aromatic carbocycles. The molecule has 126 valence electrons. The third-order valence-corrected chi connectivity index (χ3v) is 4.53. The Hall–Kier alpha value is -1.91. The van der Waals surface area contributed by atoms with Gasteiger partial charge in [0, 0.05) is 18.8 Å². The van der Waals surface area contributed by atoms with Crippen LogP contribution in [0.4, 0.5) is 0 Å². The van der Waals surface area contributed by atoms with E-state index in [9.17, 15) is 9.59 Å². The molecule has 1 heterocycles. The molecule has 1 saturated carbocycles. The summed E-state index contributed by atoms with van der Waals surface area (Å²) in [5.74, 6) is 0.303. The maximum atomic E-state index is 12.2. The van der Waals surface area contributed by atoms with Crippen LogP contribution in [0.15, 0.2) is 24.5 Å². The zero-order valence-electron chi connectivity index (χ0n) is 14.0. The van der Waals surface area contributed by atoms with Crippen LogP contribution in [-0.4, -0.2) is 22.8 Å². The summed E-state index contributed by atoms with van der Waals surface area (Å²) >= 11 is 0. The largest absolute Gasteiger partial charge is 0.348 e. The van der Waals surface area contributed by atoms with Crippen molar-refractivity contribution in [3.63, 3.8) is 0 Å². The second kappa shape index (κ2) is 8.65. The van der Waals surface area contributed by atoms with E-state index >= 15 is 0 Å². The number of aromatic nitrogens is 1. The highest BCUT2D eigenvalue weighted by Gasteiger charge is 2.21. The van der Waals surface area contributed by atoms with E-state index in [-0.39, 0.29) is 17.9 Å². The molecule has 0 bridgehead atoms. The van der Waals surface area contributed by atoms with E-state index < -0.39 is 6.04 Å². The topological polar surface area (TPSA) is 71.1 Å². The predicted molar refractivity (Wildman–Crippen MR) is 89.6 cm³/mol. The van der Waals surface area contributed by atoms with Gasteiger partial charge in [-0.05, 0) is 50.3 Å². The summed E-state index contributed by atoms with van der Waals surface area (Å²) in [7, 11) is 0. The third kappa shape index (κ3) is 5.66. The Bertz CT molecular complexity index is 512. The standard InChI is InChI=1S/C18H27N3O2/c1-13(16-8-10-19-11-9-16)21-18(23)14(2)20-17(22)12-15-6-4-3-5-7-15/h8-11,13-15H,3-7,12H2,1-2H3,(H,20,22)(H,21,23)/t13-,14-/m0/s1.